The van der Waals surface area contributed by atoms with Crippen LogP contribution in [0.15, 0.2) is 48.5 Å². The SMILES string of the molecule is [c]1cccc(CCc2cccc(CN3CCOCC3)c2)c1. The fourth-order valence-electron chi connectivity index (χ4n) is 2.78. The number of aryl methyl sites for hydroxylation is 2. The van der Waals surface area contributed by atoms with Crippen LogP contribution in [-0.2, 0) is 24.1 Å². The average Bonchev–Trinajstić information content (AvgIpc) is 2.55. The number of rotatable bonds is 5. The summed E-state index contributed by atoms with van der Waals surface area (Å²) in [5, 5.41) is 0. The highest BCUT2D eigenvalue weighted by Gasteiger charge is 2.10. The van der Waals surface area contributed by atoms with Crippen LogP contribution < -0.4 is 0 Å². The van der Waals surface area contributed by atoms with E-state index in [0.717, 1.165) is 45.7 Å². The van der Waals surface area contributed by atoms with E-state index in [1.54, 1.807) is 0 Å². The molecule has 0 amide bonds. The third-order valence-corrected chi connectivity index (χ3v) is 3.98. The first-order valence-electron chi connectivity index (χ1n) is 7.73. The van der Waals surface area contributed by atoms with Gasteiger partial charge in [0.15, 0.2) is 0 Å². The Morgan fingerprint density at radius 2 is 1.71 bits per heavy atom. The van der Waals surface area contributed by atoms with Gasteiger partial charge < -0.3 is 4.74 Å². The summed E-state index contributed by atoms with van der Waals surface area (Å²) in [4.78, 5) is 2.47. The van der Waals surface area contributed by atoms with Crippen molar-refractivity contribution in [1.82, 2.24) is 4.90 Å². The van der Waals surface area contributed by atoms with Crippen LogP contribution in [0.1, 0.15) is 16.7 Å². The van der Waals surface area contributed by atoms with Gasteiger partial charge in [0.2, 0.25) is 0 Å². The van der Waals surface area contributed by atoms with E-state index in [2.05, 4.69) is 53.4 Å². The largest absolute Gasteiger partial charge is 0.379 e. The predicted molar refractivity (Wildman–Crippen MR) is 85.2 cm³/mol. The van der Waals surface area contributed by atoms with Crippen molar-refractivity contribution < 1.29 is 4.74 Å². The lowest BCUT2D eigenvalue weighted by Crippen LogP contribution is -2.35. The number of ether oxygens (including phenoxy) is 1. The van der Waals surface area contributed by atoms with Gasteiger partial charge in [0, 0.05) is 19.6 Å². The third-order valence-electron chi connectivity index (χ3n) is 3.98. The zero-order chi connectivity index (χ0) is 14.3. The maximum atomic E-state index is 5.40. The molecule has 1 aliphatic heterocycles. The quantitative estimate of drug-likeness (QED) is 0.834. The molecule has 0 N–H and O–H groups in total. The van der Waals surface area contributed by atoms with Crippen LogP contribution in [0.5, 0.6) is 0 Å². The molecule has 2 aromatic carbocycles. The molecular weight excluding hydrogens is 258 g/mol. The van der Waals surface area contributed by atoms with Crippen LogP contribution in [0.2, 0.25) is 0 Å². The van der Waals surface area contributed by atoms with E-state index < -0.39 is 0 Å². The van der Waals surface area contributed by atoms with Crippen molar-refractivity contribution in [2.45, 2.75) is 19.4 Å². The number of hydrogen-bond donors (Lipinski definition) is 0. The van der Waals surface area contributed by atoms with Crippen molar-refractivity contribution >= 4 is 0 Å². The summed E-state index contributed by atoms with van der Waals surface area (Å²) in [6.45, 7) is 4.86. The van der Waals surface area contributed by atoms with Crippen molar-refractivity contribution in [2.24, 2.45) is 0 Å². The smallest absolute Gasteiger partial charge is 0.0594 e. The first-order valence-corrected chi connectivity index (χ1v) is 7.73. The second-order valence-electron chi connectivity index (χ2n) is 5.62. The summed E-state index contributed by atoms with van der Waals surface area (Å²) < 4.78 is 5.40. The minimum Gasteiger partial charge on any atom is -0.379 e. The Hall–Kier alpha value is -1.64. The van der Waals surface area contributed by atoms with Crippen molar-refractivity contribution in [3.8, 4) is 0 Å². The van der Waals surface area contributed by atoms with Crippen LogP contribution in [-0.4, -0.2) is 31.2 Å². The van der Waals surface area contributed by atoms with Gasteiger partial charge in [-0.15, -0.1) is 0 Å². The monoisotopic (exact) mass is 280 g/mol. The Balaban J connectivity index is 1.57. The van der Waals surface area contributed by atoms with E-state index in [4.69, 9.17) is 4.74 Å². The number of morpholine rings is 1. The normalized spacial score (nSPS) is 16.0. The molecule has 0 aliphatic carbocycles. The second kappa shape index (κ2) is 7.39. The molecule has 1 fully saturated rings. The summed E-state index contributed by atoms with van der Waals surface area (Å²) in [5.74, 6) is 0. The van der Waals surface area contributed by atoms with Crippen LogP contribution in [0, 0.1) is 6.07 Å². The first kappa shape index (κ1) is 14.3. The van der Waals surface area contributed by atoms with Gasteiger partial charge in [-0.05, 0) is 35.6 Å². The van der Waals surface area contributed by atoms with E-state index in [1.807, 2.05) is 6.07 Å². The molecule has 1 aliphatic rings. The summed E-state index contributed by atoms with van der Waals surface area (Å²) in [7, 11) is 0. The first-order chi connectivity index (χ1) is 10.4. The topological polar surface area (TPSA) is 12.5 Å². The standard InChI is InChI=1S/C19H22NO/c1-2-5-17(6-3-1)9-10-18-7-4-8-19(15-18)16-20-11-13-21-14-12-20/h1-2,4-8,15H,9-14,16H2. The lowest BCUT2D eigenvalue weighted by Gasteiger charge is -2.26. The molecule has 2 nitrogen and oxygen atoms in total. The Morgan fingerprint density at radius 1 is 0.952 bits per heavy atom. The molecule has 109 valence electrons. The van der Waals surface area contributed by atoms with E-state index >= 15 is 0 Å². The van der Waals surface area contributed by atoms with Gasteiger partial charge in [-0.1, -0.05) is 48.5 Å². The fourth-order valence-corrected chi connectivity index (χ4v) is 2.78. The lowest BCUT2D eigenvalue weighted by molar-refractivity contribution is 0.0342. The molecule has 3 rings (SSSR count). The maximum absolute atomic E-state index is 5.40. The molecule has 2 aromatic rings. The van der Waals surface area contributed by atoms with Crippen molar-refractivity contribution in [1.29, 1.82) is 0 Å². The minimum absolute atomic E-state index is 0.865. The van der Waals surface area contributed by atoms with Crippen molar-refractivity contribution in [3.05, 3.63) is 71.3 Å². The predicted octanol–water partition coefficient (Wildman–Crippen LogP) is 3.10. The van der Waals surface area contributed by atoms with Crippen molar-refractivity contribution in [2.75, 3.05) is 26.3 Å². The molecule has 1 saturated heterocycles. The van der Waals surface area contributed by atoms with Gasteiger partial charge in [-0.3, -0.25) is 4.90 Å². The van der Waals surface area contributed by atoms with E-state index in [9.17, 15) is 0 Å². The van der Waals surface area contributed by atoms with Crippen LogP contribution in [0.3, 0.4) is 0 Å². The maximum Gasteiger partial charge on any atom is 0.0594 e. The Kier molecular flexibility index (Phi) is 5.03. The minimum atomic E-state index is 0.865. The highest BCUT2D eigenvalue weighted by atomic mass is 16.5. The Labute approximate surface area is 127 Å². The molecule has 0 saturated carbocycles. The molecular formula is C19H22NO. The van der Waals surface area contributed by atoms with E-state index in [0.29, 0.717) is 0 Å². The zero-order valence-electron chi connectivity index (χ0n) is 12.4. The molecule has 0 spiro atoms. The van der Waals surface area contributed by atoms with Gasteiger partial charge in [-0.2, -0.15) is 0 Å². The summed E-state index contributed by atoms with van der Waals surface area (Å²) in [6, 6.07) is 20.4. The van der Waals surface area contributed by atoms with Gasteiger partial charge >= 0.3 is 0 Å². The number of hydrogen-bond acceptors (Lipinski definition) is 2. The summed E-state index contributed by atoms with van der Waals surface area (Å²) >= 11 is 0. The van der Waals surface area contributed by atoms with E-state index in [-0.39, 0.29) is 0 Å². The molecule has 0 bridgehead atoms. The van der Waals surface area contributed by atoms with Crippen LogP contribution in [0.25, 0.3) is 0 Å². The molecule has 21 heavy (non-hydrogen) atoms. The number of nitrogens with zero attached hydrogens (tertiary/aromatic N) is 1. The van der Waals surface area contributed by atoms with Crippen molar-refractivity contribution in [3.63, 3.8) is 0 Å². The summed E-state index contributed by atoms with van der Waals surface area (Å²) in [6.07, 6.45) is 2.17. The van der Waals surface area contributed by atoms with Crippen LogP contribution in [0.4, 0.5) is 0 Å². The molecule has 0 aromatic heterocycles. The molecule has 0 atom stereocenters. The van der Waals surface area contributed by atoms with Gasteiger partial charge in [0.1, 0.15) is 0 Å². The van der Waals surface area contributed by atoms with E-state index in [1.165, 1.54) is 16.7 Å². The highest BCUT2D eigenvalue weighted by Crippen LogP contribution is 2.12. The van der Waals surface area contributed by atoms with Gasteiger partial charge in [0.05, 0.1) is 13.2 Å². The molecule has 1 heterocycles. The lowest BCUT2D eigenvalue weighted by atomic mass is 10.0. The Morgan fingerprint density at radius 3 is 2.52 bits per heavy atom. The van der Waals surface area contributed by atoms with Gasteiger partial charge in [-0.25, -0.2) is 0 Å². The summed E-state index contributed by atoms with van der Waals surface area (Å²) in [5.41, 5.74) is 4.19. The number of benzene rings is 2. The highest BCUT2D eigenvalue weighted by molar-refractivity contribution is 5.25. The molecule has 2 heteroatoms. The van der Waals surface area contributed by atoms with Gasteiger partial charge in [0.25, 0.3) is 0 Å². The second-order valence-corrected chi connectivity index (χ2v) is 5.62. The Bertz CT molecular complexity index is 547. The zero-order valence-corrected chi connectivity index (χ0v) is 12.4. The van der Waals surface area contributed by atoms with Crippen LogP contribution >= 0.6 is 0 Å². The molecule has 1 radical (unpaired) electrons. The molecule has 0 unspecified atom stereocenters. The fraction of sp³-hybridized carbons (Fsp3) is 0.368. The average molecular weight is 280 g/mol. The third kappa shape index (κ3) is 4.42.